The summed E-state index contributed by atoms with van der Waals surface area (Å²) in [7, 11) is 1.60. The SMILES string of the molecule is COc1ccccc1-n1cnnc1SCC(=O)N1c2ccccc2NC(=O)C[C@@H]1C. The molecule has 0 saturated heterocycles. The Morgan fingerprint density at radius 2 is 1.93 bits per heavy atom. The number of rotatable bonds is 5. The van der Waals surface area contributed by atoms with Gasteiger partial charge >= 0.3 is 0 Å². The molecular formula is C21H21N5O3S. The summed E-state index contributed by atoms with van der Waals surface area (Å²) >= 11 is 1.29. The van der Waals surface area contributed by atoms with Gasteiger partial charge < -0.3 is 15.0 Å². The topological polar surface area (TPSA) is 89.3 Å². The molecule has 1 aliphatic rings. The van der Waals surface area contributed by atoms with Crippen LogP contribution in [0.15, 0.2) is 60.0 Å². The smallest absolute Gasteiger partial charge is 0.237 e. The number of ether oxygens (including phenoxy) is 1. The van der Waals surface area contributed by atoms with Crippen molar-refractivity contribution in [1.29, 1.82) is 0 Å². The molecule has 1 N–H and O–H groups in total. The van der Waals surface area contributed by atoms with Crippen molar-refractivity contribution in [2.24, 2.45) is 0 Å². The van der Waals surface area contributed by atoms with Gasteiger partial charge in [-0.3, -0.25) is 14.2 Å². The number of nitrogens with one attached hydrogen (secondary N) is 1. The molecule has 0 saturated carbocycles. The van der Waals surface area contributed by atoms with E-state index in [1.807, 2.05) is 49.4 Å². The second-order valence-corrected chi connectivity index (χ2v) is 7.77. The van der Waals surface area contributed by atoms with E-state index in [9.17, 15) is 9.59 Å². The minimum atomic E-state index is -0.256. The highest BCUT2D eigenvalue weighted by atomic mass is 32.2. The van der Waals surface area contributed by atoms with E-state index in [0.29, 0.717) is 22.3 Å². The molecule has 1 aromatic heterocycles. The maximum atomic E-state index is 13.2. The highest BCUT2D eigenvalue weighted by molar-refractivity contribution is 7.99. The van der Waals surface area contributed by atoms with Crippen LogP contribution in [-0.4, -0.2) is 45.5 Å². The largest absolute Gasteiger partial charge is 0.495 e. The molecular weight excluding hydrogens is 402 g/mol. The Kier molecular flexibility index (Phi) is 5.71. The van der Waals surface area contributed by atoms with Gasteiger partial charge in [-0.2, -0.15) is 0 Å². The first-order chi connectivity index (χ1) is 14.6. The van der Waals surface area contributed by atoms with Crippen LogP contribution in [0.25, 0.3) is 5.69 Å². The van der Waals surface area contributed by atoms with E-state index < -0.39 is 0 Å². The average molecular weight is 423 g/mol. The summed E-state index contributed by atoms with van der Waals surface area (Å²) in [6.45, 7) is 1.88. The summed E-state index contributed by atoms with van der Waals surface area (Å²) in [5.74, 6) is 0.630. The number of fused-ring (bicyclic) bond motifs is 1. The molecule has 0 bridgehead atoms. The minimum absolute atomic E-state index is 0.103. The van der Waals surface area contributed by atoms with Crippen LogP contribution in [0.5, 0.6) is 5.75 Å². The first-order valence-corrected chi connectivity index (χ1v) is 10.4. The zero-order valence-electron chi connectivity index (χ0n) is 16.6. The molecule has 0 fully saturated rings. The molecule has 30 heavy (non-hydrogen) atoms. The normalized spacial score (nSPS) is 15.9. The number of carbonyl (C=O) groups is 2. The second kappa shape index (κ2) is 8.58. The lowest BCUT2D eigenvalue weighted by atomic mass is 10.2. The van der Waals surface area contributed by atoms with Gasteiger partial charge in [0.2, 0.25) is 11.8 Å². The maximum Gasteiger partial charge on any atom is 0.237 e. The third-order valence-corrected chi connectivity index (χ3v) is 5.74. The van der Waals surface area contributed by atoms with Gasteiger partial charge in [-0.05, 0) is 31.2 Å². The number of carbonyl (C=O) groups excluding carboxylic acids is 2. The van der Waals surface area contributed by atoms with E-state index in [4.69, 9.17) is 4.74 Å². The monoisotopic (exact) mass is 423 g/mol. The van der Waals surface area contributed by atoms with Crippen molar-refractivity contribution in [3.63, 3.8) is 0 Å². The van der Waals surface area contributed by atoms with Crippen molar-refractivity contribution in [2.75, 3.05) is 23.1 Å². The second-order valence-electron chi connectivity index (χ2n) is 6.83. The Bertz CT molecular complexity index is 1080. The number of nitrogens with zero attached hydrogens (tertiary/aromatic N) is 4. The van der Waals surface area contributed by atoms with Gasteiger partial charge in [0, 0.05) is 12.5 Å². The van der Waals surface area contributed by atoms with Crippen molar-refractivity contribution >= 4 is 35.0 Å². The molecule has 0 unspecified atom stereocenters. The van der Waals surface area contributed by atoms with Crippen molar-refractivity contribution < 1.29 is 14.3 Å². The number of hydrogen-bond acceptors (Lipinski definition) is 6. The number of amides is 2. The molecule has 2 heterocycles. The molecule has 154 valence electrons. The first-order valence-electron chi connectivity index (χ1n) is 9.45. The molecule has 1 aliphatic heterocycles. The number of hydrogen-bond donors (Lipinski definition) is 1. The lowest BCUT2D eigenvalue weighted by molar-refractivity contribution is -0.117. The Labute approximate surface area is 178 Å². The summed E-state index contributed by atoms with van der Waals surface area (Å²) in [6.07, 6.45) is 1.83. The van der Waals surface area contributed by atoms with E-state index in [0.717, 1.165) is 5.69 Å². The highest BCUT2D eigenvalue weighted by Gasteiger charge is 2.29. The first kappa shape index (κ1) is 20.0. The van der Waals surface area contributed by atoms with E-state index in [1.54, 1.807) is 29.0 Å². The van der Waals surface area contributed by atoms with Crippen molar-refractivity contribution in [3.8, 4) is 11.4 Å². The molecule has 0 spiro atoms. The van der Waals surface area contributed by atoms with Crippen LogP contribution < -0.4 is 15.0 Å². The Hall–Kier alpha value is -3.33. The average Bonchev–Trinajstić information content (AvgIpc) is 3.16. The number of thioether (sulfide) groups is 1. The Morgan fingerprint density at radius 3 is 2.73 bits per heavy atom. The third-order valence-electron chi connectivity index (χ3n) is 4.81. The Morgan fingerprint density at radius 1 is 1.20 bits per heavy atom. The fourth-order valence-corrected chi connectivity index (χ4v) is 4.26. The van der Waals surface area contributed by atoms with Crippen molar-refractivity contribution in [3.05, 3.63) is 54.9 Å². The van der Waals surface area contributed by atoms with E-state index >= 15 is 0 Å². The summed E-state index contributed by atoms with van der Waals surface area (Å²) in [5, 5.41) is 11.6. The summed E-state index contributed by atoms with van der Waals surface area (Å²) in [6, 6.07) is 14.6. The number of anilines is 2. The molecule has 2 aromatic carbocycles. The standard InChI is InChI=1S/C21H21N5O3S/c1-14-11-19(27)23-15-7-3-4-8-16(15)26(14)20(28)12-30-21-24-22-13-25(21)17-9-5-6-10-18(17)29-2/h3-10,13-14H,11-12H2,1-2H3,(H,23,27)/t14-/m0/s1. The van der Waals surface area contributed by atoms with E-state index in [-0.39, 0.29) is 30.0 Å². The minimum Gasteiger partial charge on any atom is -0.495 e. The molecule has 0 radical (unpaired) electrons. The van der Waals surface area contributed by atoms with Gasteiger partial charge in [-0.25, -0.2) is 0 Å². The van der Waals surface area contributed by atoms with Crippen LogP contribution in [0.2, 0.25) is 0 Å². The predicted molar refractivity (Wildman–Crippen MR) is 115 cm³/mol. The molecule has 2 amide bonds. The molecule has 0 aliphatic carbocycles. The van der Waals surface area contributed by atoms with Gasteiger partial charge in [0.05, 0.1) is 29.9 Å². The lowest BCUT2D eigenvalue weighted by Gasteiger charge is -2.27. The predicted octanol–water partition coefficient (Wildman–Crippen LogP) is 3.13. The van der Waals surface area contributed by atoms with Crippen LogP contribution in [-0.2, 0) is 9.59 Å². The molecule has 1 atom stereocenters. The van der Waals surface area contributed by atoms with Gasteiger partial charge in [0.25, 0.3) is 0 Å². The summed E-state index contributed by atoms with van der Waals surface area (Å²) in [4.78, 5) is 27.0. The maximum absolute atomic E-state index is 13.2. The van der Waals surface area contributed by atoms with Crippen molar-refractivity contribution in [1.82, 2.24) is 14.8 Å². The molecule has 4 rings (SSSR count). The van der Waals surface area contributed by atoms with Gasteiger partial charge in [0.1, 0.15) is 12.1 Å². The number of para-hydroxylation sites is 4. The van der Waals surface area contributed by atoms with Crippen LogP contribution in [0.3, 0.4) is 0 Å². The summed E-state index contributed by atoms with van der Waals surface area (Å²) in [5.41, 5.74) is 2.14. The fraction of sp³-hybridized carbons (Fsp3) is 0.238. The Balaban J connectivity index is 1.56. The van der Waals surface area contributed by atoms with E-state index in [1.165, 1.54) is 11.8 Å². The molecule has 9 heteroatoms. The number of methoxy groups -OCH3 is 1. The van der Waals surface area contributed by atoms with Crippen LogP contribution in [0.1, 0.15) is 13.3 Å². The number of benzene rings is 2. The van der Waals surface area contributed by atoms with Crippen LogP contribution in [0.4, 0.5) is 11.4 Å². The zero-order chi connectivity index (χ0) is 21.1. The fourth-order valence-electron chi connectivity index (χ4n) is 3.48. The summed E-state index contributed by atoms with van der Waals surface area (Å²) < 4.78 is 7.22. The third kappa shape index (κ3) is 3.88. The van der Waals surface area contributed by atoms with Crippen LogP contribution >= 0.6 is 11.8 Å². The van der Waals surface area contributed by atoms with Crippen LogP contribution in [0, 0.1) is 0 Å². The van der Waals surface area contributed by atoms with Gasteiger partial charge in [-0.1, -0.05) is 36.0 Å². The van der Waals surface area contributed by atoms with Gasteiger partial charge in [-0.15, -0.1) is 10.2 Å². The zero-order valence-corrected chi connectivity index (χ0v) is 17.4. The van der Waals surface area contributed by atoms with Crippen molar-refractivity contribution in [2.45, 2.75) is 24.5 Å². The number of aromatic nitrogens is 3. The van der Waals surface area contributed by atoms with Gasteiger partial charge in [0.15, 0.2) is 5.16 Å². The molecule has 8 nitrogen and oxygen atoms in total. The lowest BCUT2D eigenvalue weighted by Crippen LogP contribution is -2.40. The van der Waals surface area contributed by atoms with E-state index in [2.05, 4.69) is 15.5 Å². The molecule has 3 aromatic rings. The quantitative estimate of drug-likeness (QED) is 0.634. The highest BCUT2D eigenvalue weighted by Crippen LogP contribution is 2.32.